The number of aromatic nitrogens is 1. The van der Waals surface area contributed by atoms with Crippen molar-refractivity contribution in [3.63, 3.8) is 0 Å². The molecule has 1 aromatic heterocycles. The van der Waals surface area contributed by atoms with Crippen molar-refractivity contribution in [3.05, 3.63) is 45.9 Å². The first-order valence-corrected chi connectivity index (χ1v) is 9.46. The molecule has 6 heteroatoms. The Bertz CT molecular complexity index is 666. The van der Waals surface area contributed by atoms with E-state index in [4.69, 9.17) is 4.74 Å². The van der Waals surface area contributed by atoms with Gasteiger partial charge >= 0.3 is 0 Å². The van der Waals surface area contributed by atoms with Crippen molar-refractivity contribution in [2.24, 2.45) is 4.99 Å². The lowest BCUT2D eigenvalue weighted by atomic mass is 10.2. The van der Waals surface area contributed by atoms with Gasteiger partial charge in [0.25, 0.3) is 0 Å². The summed E-state index contributed by atoms with van der Waals surface area (Å²) < 4.78 is 5.20. The van der Waals surface area contributed by atoms with Crippen LogP contribution < -0.4 is 10.1 Å². The fourth-order valence-corrected chi connectivity index (χ4v) is 3.40. The van der Waals surface area contributed by atoms with E-state index < -0.39 is 0 Å². The molecule has 0 spiro atoms. The maximum Gasteiger partial charge on any atom is 0.193 e. The Morgan fingerprint density at radius 1 is 1.28 bits per heavy atom. The van der Waals surface area contributed by atoms with Crippen LogP contribution in [0.5, 0.6) is 5.75 Å². The first kappa shape index (κ1) is 19.2. The van der Waals surface area contributed by atoms with E-state index in [2.05, 4.69) is 44.8 Å². The van der Waals surface area contributed by atoms with Crippen LogP contribution >= 0.6 is 11.3 Å². The van der Waals surface area contributed by atoms with Crippen molar-refractivity contribution >= 4 is 17.3 Å². The fourth-order valence-electron chi connectivity index (χ4n) is 2.58. The van der Waals surface area contributed by atoms with Crippen LogP contribution in [0.4, 0.5) is 0 Å². The summed E-state index contributed by atoms with van der Waals surface area (Å²) in [6.45, 7) is 3.77. The van der Waals surface area contributed by atoms with E-state index in [-0.39, 0.29) is 0 Å². The zero-order valence-electron chi connectivity index (χ0n) is 15.6. The Balaban J connectivity index is 1.71. The number of ether oxygens (including phenoxy) is 1. The lowest BCUT2D eigenvalue weighted by Crippen LogP contribution is -2.38. The topological polar surface area (TPSA) is 49.8 Å². The van der Waals surface area contributed by atoms with Gasteiger partial charge in [-0.15, -0.1) is 11.3 Å². The number of aliphatic imine (C=N–C) groups is 1. The average Bonchev–Trinajstić information content (AvgIpc) is 3.04. The second-order valence-corrected chi connectivity index (χ2v) is 6.96. The molecule has 0 aliphatic heterocycles. The van der Waals surface area contributed by atoms with Crippen molar-refractivity contribution in [3.8, 4) is 5.75 Å². The molecule has 0 radical (unpaired) electrons. The lowest BCUT2D eigenvalue weighted by molar-refractivity contribution is 0.414. The van der Waals surface area contributed by atoms with Gasteiger partial charge < -0.3 is 15.0 Å². The third-order valence-electron chi connectivity index (χ3n) is 3.92. The number of methoxy groups -OCH3 is 1. The van der Waals surface area contributed by atoms with Crippen LogP contribution in [-0.4, -0.2) is 43.6 Å². The molecule has 0 unspecified atom stereocenters. The Morgan fingerprint density at radius 3 is 2.64 bits per heavy atom. The van der Waals surface area contributed by atoms with Crippen LogP contribution in [0.3, 0.4) is 0 Å². The highest BCUT2D eigenvalue weighted by molar-refractivity contribution is 7.09. The second kappa shape index (κ2) is 10.0. The first-order chi connectivity index (χ1) is 12.1. The predicted octanol–water partition coefficient (Wildman–Crippen LogP) is 3.49. The maximum atomic E-state index is 5.20. The molecule has 0 fully saturated rings. The summed E-state index contributed by atoms with van der Waals surface area (Å²) in [5.41, 5.74) is 2.35. The summed E-state index contributed by atoms with van der Waals surface area (Å²) in [4.78, 5) is 11.0. The Kier molecular flexibility index (Phi) is 7.73. The van der Waals surface area contributed by atoms with Crippen LogP contribution in [0.25, 0.3) is 0 Å². The van der Waals surface area contributed by atoms with Gasteiger partial charge in [-0.3, -0.25) is 4.99 Å². The van der Waals surface area contributed by atoms with Crippen LogP contribution in [0.1, 0.15) is 29.1 Å². The third kappa shape index (κ3) is 6.38. The molecule has 0 bridgehead atoms. The Hall–Kier alpha value is -2.08. The Morgan fingerprint density at radius 2 is 2.04 bits per heavy atom. The van der Waals surface area contributed by atoms with Crippen molar-refractivity contribution in [2.45, 2.75) is 32.7 Å². The molecule has 1 N–H and O–H groups in total. The number of aryl methyl sites for hydroxylation is 2. The molecule has 1 aromatic carbocycles. The minimum Gasteiger partial charge on any atom is -0.497 e. The van der Waals surface area contributed by atoms with E-state index in [0.717, 1.165) is 49.8 Å². The fraction of sp³-hybridized carbons (Fsp3) is 0.474. The van der Waals surface area contributed by atoms with Gasteiger partial charge in [0.1, 0.15) is 5.75 Å². The van der Waals surface area contributed by atoms with E-state index in [1.54, 1.807) is 18.4 Å². The van der Waals surface area contributed by atoms with Crippen molar-refractivity contribution in [2.75, 3.05) is 27.7 Å². The van der Waals surface area contributed by atoms with E-state index in [9.17, 15) is 0 Å². The number of thiazole rings is 1. The van der Waals surface area contributed by atoms with Crippen LogP contribution in [0.2, 0.25) is 0 Å². The second-order valence-electron chi connectivity index (χ2n) is 6.02. The summed E-state index contributed by atoms with van der Waals surface area (Å²) in [5.74, 6) is 1.80. The zero-order valence-corrected chi connectivity index (χ0v) is 16.4. The first-order valence-electron chi connectivity index (χ1n) is 8.58. The molecular weight excluding hydrogens is 332 g/mol. The summed E-state index contributed by atoms with van der Waals surface area (Å²) in [5, 5.41) is 6.79. The molecule has 0 aliphatic carbocycles. The zero-order chi connectivity index (χ0) is 18.1. The van der Waals surface area contributed by atoms with Crippen molar-refractivity contribution < 1.29 is 4.74 Å². The van der Waals surface area contributed by atoms with E-state index in [0.29, 0.717) is 0 Å². The van der Waals surface area contributed by atoms with Crippen LogP contribution in [0, 0.1) is 6.92 Å². The number of rotatable bonds is 8. The standard InChI is InChI=1S/C19H28N4OS/c1-15-14-25-18(22-15)7-5-6-12-21-19(20-2)23(3)13-16-8-10-17(24-4)11-9-16/h8-11,14H,5-7,12-13H2,1-4H3,(H,20,21). The number of unbranched alkanes of at least 4 members (excludes halogenated alkanes) is 1. The number of nitrogens with zero attached hydrogens (tertiary/aromatic N) is 3. The van der Waals surface area contributed by atoms with Crippen molar-refractivity contribution in [1.82, 2.24) is 15.2 Å². The molecule has 5 nitrogen and oxygen atoms in total. The van der Waals surface area contributed by atoms with Gasteiger partial charge in [-0.05, 0) is 43.9 Å². The summed E-state index contributed by atoms with van der Waals surface area (Å²) >= 11 is 1.75. The van der Waals surface area contributed by atoms with Crippen molar-refractivity contribution in [1.29, 1.82) is 0 Å². The molecule has 2 aromatic rings. The van der Waals surface area contributed by atoms with Gasteiger partial charge in [0, 0.05) is 38.3 Å². The third-order valence-corrected chi connectivity index (χ3v) is 4.95. The van der Waals surface area contributed by atoms with Crippen LogP contribution in [-0.2, 0) is 13.0 Å². The minimum atomic E-state index is 0.808. The van der Waals surface area contributed by atoms with Gasteiger partial charge in [-0.25, -0.2) is 4.98 Å². The highest BCUT2D eigenvalue weighted by Crippen LogP contribution is 2.13. The van der Waals surface area contributed by atoms with E-state index in [1.165, 1.54) is 10.6 Å². The smallest absolute Gasteiger partial charge is 0.193 e. The number of nitrogens with one attached hydrogen (secondary N) is 1. The summed E-state index contributed by atoms with van der Waals surface area (Å²) in [6, 6.07) is 8.14. The molecule has 0 saturated carbocycles. The van der Waals surface area contributed by atoms with Gasteiger partial charge in [0.2, 0.25) is 0 Å². The number of hydrogen-bond donors (Lipinski definition) is 1. The number of benzene rings is 1. The van der Waals surface area contributed by atoms with Crippen LogP contribution in [0.15, 0.2) is 34.6 Å². The molecule has 0 aliphatic rings. The number of guanidine groups is 1. The monoisotopic (exact) mass is 360 g/mol. The molecule has 25 heavy (non-hydrogen) atoms. The lowest BCUT2D eigenvalue weighted by Gasteiger charge is -2.22. The average molecular weight is 361 g/mol. The maximum absolute atomic E-state index is 5.20. The number of hydrogen-bond acceptors (Lipinski definition) is 4. The van der Waals surface area contributed by atoms with E-state index >= 15 is 0 Å². The van der Waals surface area contributed by atoms with Gasteiger partial charge in [0.05, 0.1) is 12.1 Å². The molecular formula is C19H28N4OS. The summed E-state index contributed by atoms with van der Waals surface area (Å²) in [7, 11) is 5.56. The van der Waals surface area contributed by atoms with Gasteiger partial charge in [-0.1, -0.05) is 12.1 Å². The normalized spacial score (nSPS) is 11.4. The van der Waals surface area contributed by atoms with Gasteiger partial charge in [-0.2, -0.15) is 0 Å². The Labute approximate surface area is 154 Å². The largest absolute Gasteiger partial charge is 0.497 e. The molecule has 0 amide bonds. The highest BCUT2D eigenvalue weighted by atomic mass is 32.1. The molecule has 0 saturated heterocycles. The SMILES string of the molecule is CN=C(NCCCCc1nc(C)cs1)N(C)Cc1ccc(OC)cc1. The molecule has 136 valence electrons. The molecule has 1 heterocycles. The molecule has 0 atom stereocenters. The highest BCUT2D eigenvalue weighted by Gasteiger charge is 2.06. The molecule has 2 rings (SSSR count). The summed E-state index contributed by atoms with van der Waals surface area (Å²) in [6.07, 6.45) is 3.30. The minimum absolute atomic E-state index is 0.808. The quantitative estimate of drug-likeness (QED) is 0.445. The van der Waals surface area contributed by atoms with Gasteiger partial charge in [0.15, 0.2) is 5.96 Å². The van der Waals surface area contributed by atoms with E-state index in [1.807, 2.05) is 26.1 Å². The predicted molar refractivity (Wildman–Crippen MR) is 106 cm³/mol.